The fourth-order valence-corrected chi connectivity index (χ4v) is 4.09. The number of aromatic nitrogens is 1. The molecule has 0 unspecified atom stereocenters. The van der Waals surface area contributed by atoms with Crippen LogP contribution in [0.2, 0.25) is 0 Å². The molecule has 0 spiro atoms. The van der Waals surface area contributed by atoms with Gasteiger partial charge in [-0.1, -0.05) is 19.3 Å². The van der Waals surface area contributed by atoms with E-state index < -0.39 is 0 Å². The second-order valence-electron chi connectivity index (χ2n) is 7.69. The Hall–Kier alpha value is -3.02. The summed E-state index contributed by atoms with van der Waals surface area (Å²) in [6.07, 6.45) is 6.81. The van der Waals surface area contributed by atoms with Gasteiger partial charge in [0.05, 0.1) is 32.0 Å². The highest BCUT2D eigenvalue weighted by atomic mass is 16.5. The maximum atomic E-state index is 13.2. The van der Waals surface area contributed by atoms with Gasteiger partial charge < -0.3 is 19.0 Å². The van der Waals surface area contributed by atoms with Crippen molar-refractivity contribution < 1.29 is 13.9 Å². The van der Waals surface area contributed by atoms with Gasteiger partial charge in [-0.05, 0) is 48.6 Å². The number of rotatable bonds is 6. The number of carbonyl (C=O) groups is 1. The highest BCUT2D eigenvalue weighted by Gasteiger charge is 2.27. The Labute approximate surface area is 169 Å². The number of carbonyl (C=O) groups excluding carboxylic acids is 1. The van der Waals surface area contributed by atoms with E-state index in [0.717, 1.165) is 36.8 Å². The first-order valence-electron chi connectivity index (χ1n) is 10.1. The Kier molecular flexibility index (Phi) is 5.69. The number of benzene rings is 1. The summed E-state index contributed by atoms with van der Waals surface area (Å²) in [5.74, 6) is 1.54. The molecule has 1 saturated carbocycles. The zero-order valence-corrected chi connectivity index (χ0v) is 16.6. The van der Waals surface area contributed by atoms with Crippen LogP contribution in [0.15, 0.2) is 51.9 Å². The molecule has 0 aliphatic heterocycles. The van der Waals surface area contributed by atoms with E-state index in [1.807, 2.05) is 30.3 Å². The number of ether oxygens (including phenoxy) is 1. The largest absolute Gasteiger partial charge is 0.497 e. The molecule has 1 fully saturated rings. The van der Waals surface area contributed by atoms with Gasteiger partial charge in [0.1, 0.15) is 11.5 Å². The molecule has 2 heterocycles. The Morgan fingerprint density at radius 1 is 1.17 bits per heavy atom. The van der Waals surface area contributed by atoms with E-state index in [2.05, 4.69) is 4.98 Å². The van der Waals surface area contributed by atoms with E-state index in [4.69, 9.17) is 9.15 Å². The van der Waals surface area contributed by atoms with Gasteiger partial charge in [0, 0.05) is 17.5 Å². The van der Waals surface area contributed by atoms with Crippen LogP contribution in [0, 0.1) is 5.92 Å². The van der Waals surface area contributed by atoms with Crippen molar-refractivity contribution in [2.75, 3.05) is 7.11 Å². The first kappa shape index (κ1) is 19.3. The Morgan fingerprint density at radius 2 is 2.00 bits per heavy atom. The molecule has 2 aromatic heterocycles. The van der Waals surface area contributed by atoms with Crippen molar-refractivity contribution in [1.82, 2.24) is 9.88 Å². The van der Waals surface area contributed by atoms with Crippen LogP contribution in [0.1, 0.15) is 43.4 Å². The lowest BCUT2D eigenvalue weighted by molar-refractivity contribution is -0.138. The van der Waals surface area contributed by atoms with E-state index in [1.54, 1.807) is 24.3 Å². The summed E-state index contributed by atoms with van der Waals surface area (Å²) in [6, 6.07) is 11.1. The molecule has 1 aliphatic rings. The van der Waals surface area contributed by atoms with Crippen molar-refractivity contribution in [2.24, 2.45) is 5.92 Å². The maximum Gasteiger partial charge on any atom is 0.253 e. The lowest BCUT2D eigenvalue weighted by Crippen LogP contribution is -2.37. The molecule has 1 N–H and O–H groups in total. The van der Waals surface area contributed by atoms with Gasteiger partial charge in [-0.15, -0.1) is 0 Å². The first-order valence-corrected chi connectivity index (χ1v) is 10.1. The van der Waals surface area contributed by atoms with Crippen molar-refractivity contribution in [3.05, 3.63) is 64.3 Å². The number of aromatic amines is 1. The molecule has 152 valence electrons. The molecule has 0 bridgehead atoms. The molecule has 29 heavy (non-hydrogen) atoms. The predicted octanol–water partition coefficient (Wildman–Crippen LogP) is 4.24. The molecule has 0 radical (unpaired) electrons. The number of nitrogens with one attached hydrogen (secondary N) is 1. The summed E-state index contributed by atoms with van der Waals surface area (Å²) in [6.45, 7) is 0.621. The monoisotopic (exact) mass is 394 g/mol. The number of pyridine rings is 1. The van der Waals surface area contributed by atoms with Crippen LogP contribution in [0.5, 0.6) is 5.75 Å². The van der Waals surface area contributed by atoms with Crippen LogP contribution in [0.25, 0.3) is 10.9 Å². The Balaban J connectivity index is 1.63. The predicted molar refractivity (Wildman–Crippen MR) is 111 cm³/mol. The lowest BCUT2D eigenvalue weighted by atomic mass is 9.88. The Bertz CT molecular complexity index is 1030. The molecule has 3 aromatic rings. The quantitative estimate of drug-likeness (QED) is 0.679. The van der Waals surface area contributed by atoms with Gasteiger partial charge in [-0.3, -0.25) is 9.59 Å². The molecular weight excluding hydrogens is 368 g/mol. The standard InChI is InChI=1S/C23H26N2O4/c1-28-19-10-9-17-12-18(22(26)24-21(17)13-19)14-25(15-20-8-5-11-29-20)23(27)16-6-3-2-4-7-16/h5,8-13,16H,2-4,6-7,14-15H2,1H3,(H,24,26). The van der Waals surface area contributed by atoms with Crippen molar-refractivity contribution in [3.63, 3.8) is 0 Å². The third-order valence-electron chi connectivity index (χ3n) is 5.68. The summed E-state index contributed by atoms with van der Waals surface area (Å²) in [5, 5.41) is 0.906. The van der Waals surface area contributed by atoms with Gasteiger partial charge in [-0.25, -0.2) is 0 Å². The summed E-state index contributed by atoms with van der Waals surface area (Å²) in [4.78, 5) is 30.6. The van der Waals surface area contributed by atoms with Crippen LogP contribution < -0.4 is 10.3 Å². The van der Waals surface area contributed by atoms with E-state index in [1.165, 1.54) is 6.42 Å². The lowest BCUT2D eigenvalue weighted by Gasteiger charge is -2.28. The number of hydrogen-bond acceptors (Lipinski definition) is 4. The molecule has 6 nitrogen and oxygen atoms in total. The summed E-state index contributed by atoms with van der Waals surface area (Å²) in [5.41, 5.74) is 1.10. The molecule has 4 rings (SSSR count). The smallest absolute Gasteiger partial charge is 0.253 e. The average Bonchev–Trinajstić information content (AvgIpc) is 3.26. The van der Waals surface area contributed by atoms with E-state index in [-0.39, 0.29) is 23.9 Å². The van der Waals surface area contributed by atoms with Crippen LogP contribution in [0.3, 0.4) is 0 Å². The third kappa shape index (κ3) is 4.36. The minimum atomic E-state index is -0.188. The fourth-order valence-electron chi connectivity index (χ4n) is 4.09. The number of methoxy groups -OCH3 is 1. The zero-order chi connectivity index (χ0) is 20.2. The second kappa shape index (κ2) is 8.55. The minimum absolute atomic E-state index is 0.0301. The molecule has 1 aromatic carbocycles. The fraction of sp³-hybridized carbons (Fsp3) is 0.391. The average molecular weight is 394 g/mol. The van der Waals surface area contributed by atoms with E-state index >= 15 is 0 Å². The number of nitrogens with zero attached hydrogens (tertiary/aromatic N) is 1. The number of amides is 1. The summed E-state index contributed by atoms with van der Waals surface area (Å²) in [7, 11) is 1.59. The van der Waals surface area contributed by atoms with Gasteiger partial charge in [0.2, 0.25) is 5.91 Å². The highest BCUT2D eigenvalue weighted by Crippen LogP contribution is 2.27. The third-order valence-corrected chi connectivity index (χ3v) is 5.68. The van der Waals surface area contributed by atoms with Gasteiger partial charge in [0.25, 0.3) is 5.56 Å². The Morgan fingerprint density at radius 3 is 2.72 bits per heavy atom. The van der Waals surface area contributed by atoms with Crippen LogP contribution in [-0.4, -0.2) is 22.9 Å². The topological polar surface area (TPSA) is 75.5 Å². The molecule has 6 heteroatoms. The summed E-state index contributed by atoms with van der Waals surface area (Å²) >= 11 is 0. The molecular formula is C23H26N2O4. The van der Waals surface area contributed by atoms with Crippen molar-refractivity contribution in [3.8, 4) is 5.75 Å². The number of furan rings is 1. The molecule has 0 saturated heterocycles. The van der Waals surface area contributed by atoms with E-state index in [9.17, 15) is 9.59 Å². The van der Waals surface area contributed by atoms with E-state index in [0.29, 0.717) is 23.4 Å². The zero-order valence-electron chi connectivity index (χ0n) is 16.6. The van der Waals surface area contributed by atoms with Crippen LogP contribution >= 0.6 is 0 Å². The number of hydrogen-bond donors (Lipinski definition) is 1. The number of fused-ring (bicyclic) bond motifs is 1. The normalized spacial score (nSPS) is 14.8. The molecule has 1 amide bonds. The van der Waals surface area contributed by atoms with Crippen molar-refractivity contribution >= 4 is 16.8 Å². The maximum absolute atomic E-state index is 13.2. The first-order chi connectivity index (χ1) is 14.1. The second-order valence-corrected chi connectivity index (χ2v) is 7.69. The van der Waals surface area contributed by atoms with Gasteiger partial charge in [0.15, 0.2) is 0 Å². The minimum Gasteiger partial charge on any atom is -0.497 e. The summed E-state index contributed by atoms with van der Waals surface area (Å²) < 4.78 is 10.7. The number of H-pyrrole nitrogens is 1. The van der Waals surface area contributed by atoms with Crippen molar-refractivity contribution in [2.45, 2.75) is 45.2 Å². The van der Waals surface area contributed by atoms with Gasteiger partial charge in [-0.2, -0.15) is 0 Å². The molecule has 1 aliphatic carbocycles. The van der Waals surface area contributed by atoms with Crippen LogP contribution in [0.4, 0.5) is 0 Å². The molecule has 0 atom stereocenters. The van der Waals surface area contributed by atoms with Gasteiger partial charge >= 0.3 is 0 Å². The highest BCUT2D eigenvalue weighted by molar-refractivity contribution is 5.81. The van der Waals surface area contributed by atoms with Crippen LogP contribution in [-0.2, 0) is 17.9 Å². The SMILES string of the molecule is COc1ccc2cc(CN(Cc3ccco3)C(=O)C3CCCCC3)c(=O)[nH]c2c1. The van der Waals surface area contributed by atoms with Crippen molar-refractivity contribution in [1.29, 1.82) is 0 Å².